The lowest BCUT2D eigenvalue weighted by atomic mass is 10.1. The molecule has 1 aromatic heterocycles. The lowest BCUT2D eigenvalue weighted by Gasteiger charge is -2.28. The maximum absolute atomic E-state index is 13.7. The van der Waals surface area contributed by atoms with E-state index >= 15 is 0 Å². The Morgan fingerprint density at radius 3 is 2.43 bits per heavy atom. The highest BCUT2D eigenvalue weighted by Gasteiger charge is 2.35. The monoisotopic (exact) mass is 499 g/mol. The van der Waals surface area contributed by atoms with Crippen molar-refractivity contribution in [2.24, 2.45) is 0 Å². The van der Waals surface area contributed by atoms with Crippen molar-refractivity contribution in [2.75, 3.05) is 20.2 Å². The van der Waals surface area contributed by atoms with Crippen LogP contribution in [0.5, 0.6) is 5.75 Å². The molecule has 1 fully saturated rings. The summed E-state index contributed by atoms with van der Waals surface area (Å²) in [5, 5.41) is 1.14. The van der Waals surface area contributed by atoms with E-state index in [1.807, 2.05) is 53.6 Å². The summed E-state index contributed by atoms with van der Waals surface area (Å²) in [5.74, 6) is 0.00802. The Bertz CT molecular complexity index is 1380. The fraction of sp³-hybridized carbons (Fsp3) is 0.267. The lowest BCUT2D eigenvalue weighted by molar-refractivity contribution is -0.132. The van der Waals surface area contributed by atoms with E-state index in [4.69, 9.17) is 4.74 Å². The number of hydrogen-bond acceptors (Lipinski definition) is 3. The standard InChI is InChI=1S/C30H30FN3O3/c1-37-26-14-6-21(7-15-26)19-33(17-16-23-18-32-28-5-3-2-4-27(23)28)29(35)20-34(25-12-13-25)30(36)22-8-10-24(31)11-9-22/h2-11,14-15,18,25,32H,12-13,16-17,19-20H2,1H3. The number of H-pyrrole nitrogens is 1. The summed E-state index contributed by atoms with van der Waals surface area (Å²) >= 11 is 0. The number of benzene rings is 3. The molecule has 4 aromatic rings. The predicted molar refractivity (Wildman–Crippen MR) is 141 cm³/mol. The zero-order chi connectivity index (χ0) is 25.8. The summed E-state index contributed by atoms with van der Waals surface area (Å²) < 4.78 is 18.7. The maximum Gasteiger partial charge on any atom is 0.254 e. The minimum Gasteiger partial charge on any atom is -0.497 e. The number of nitrogens with zero attached hydrogens (tertiary/aromatic N) is 2. The second-order valence-corrected chi connectivity index (χ2v) is 9.44. The Hall–Kier alpha value is -4.13. The molecule has 1 aliphatic rings. The van der Waals surface area contributed by atoms with Gasteiger partial charge < -0.3 is 19.5 Å². The van der Waals surface area contributed by atoms with Crippen molar-refractivity contribution < 1.29 is 18.7 Å². The van der Waals surface area contributed by atoms with Crippen molar-refractivity contribution in [1.82, 2.24) is 14.8 Å². The number of aromatic nitrogens is 1. The number of carbonyl (C=O) groups excluding carboxylic acids is 2. The van der Waals surface area contributed by atoms with Gasteiger partial charge in [0.05, 0.1) is 7.11 Å². The molecule has 1 aliphatic carbocycles. The van der Waals surface area contributed by atoms with Gasteiger partial charge in [-0.1, -0.05) is 30.3 Å². The van der Waals surface area contributed by atoms with Gasteiger partial charge in [0.15, 0.2) is 0 Å². The number of nitrogens with one attached hydrogen (secondary N) is 1. The SMILES string of the molecule is COc1ccc(CN(CCc2c[nH]c3ccccc23)C(=O)CN(C(=O)c2ccc(F)cc2)C2CC2)cc1. The molecule has 1 N–H and O–H groups in total. The summed E-state index contributed by atoms with van der Waals surface area (Å²) in [4.78, 5) is 33.7. The molecule has 1 heterocycles. The third-order valence-electron chi connectivity index (χ3n) is 6.86. The minimum absolute atomic E-state index is 0.00901. The van der Waals surface area contributed by atoms with Crippen molar-refractivity contribution in [3.05, 3.63) is 102 Å². The van der Waals surface area contributed by atoms with Crippen molar-refractivity contribution in [1.29, 1.82) is 0 Å². The number of ether oxygens (including phenoxy) is 1. The first-order valence-electron chi connectivity index (χ1n) is 12.5. The molecule has 37 heavy (non-hydrogen) atoms. The van der Waals surface area contributed by atoms with Gasteiger partial charge in [-0.2, -0.15) is 0 Å². The van der Waals surface area contributed by atoms with E-state index in [0.29, 0.717) is 25.1 Å². The van der Waals surface area contributed by atoms with Crippen LogP contribution in [0.1, 0.15) is 34.3 Å². The van der Waals surface area contributed by atoms with E-state index in [1.165, 1.54) is 24.3 Å². The molecular weight excluding hydrogens is 469 g/mol. The minimum atomic E-state index is -0.395. The predicted octanol–water partition coefficient (Wildman–Crippen LogP) is 5.19. The Kier molecular flexibility index (Phi) is 7.21. The van der Waals surface area contributed by atoms with Crippen LogP contribution in [-0.4, -0.2) is 52.8 Å². The highest BCUT2D eigenvalue weighted by molar-refractivity contribution is 5.97. The molecule has 6 nitrogen and oxygen atoms in total. The van der Waals surface area contributed by atoms with Crippen LogP contribution in [-0.2, 0) is 17.8 Å². The molecule has 1 saturated carbocycles. The molecule has 0 bridgehead atoms. The van der Waals surface area contributed by atoms with E-state index in [2.05, 4.69) is 11.1 Å². The third kappa shape index (κ3) is 5.82. The van der Waals surface area contributed by atoms with Crippen LogP contribution in [0.2, 0.25) is 0 Å². The number of para-hydroxylation sites is 1. The van der Waals surface area contributed by atoms with Gasteiger partial charge in [-0.25, -0.2) is 4.39 Å². The molecule has 0 atom stereocenters. The van der Waals surface area contributed by atoms with Gasteiger partial charge in [0.2, 0.25) is 5.91 Å². The van der Waals surface area contributed by atoms with Gasteiger partial charge in [-0.05, 0) is 72.9 Å². The second-order valence-electron chi connectivity index (χ2n) is 9.44. The first-order chi connectivity index (χ1) is 18.0. The topological polar surface area (TPSA) is 65.6 Å². The van der Waals surface area contributed by atoms with Crippen LogP contribution in [0.25, 0.3) is 10.9 Å². The maximum atomic E-state index is 13.7. The van der Waals surface area contributed by atoms with E-state index in [1.54, 1.807) is 12.0 Å². The van der Waals surface area contributed by atoms with Crippen LogP contribution >= 0.6 is 0 Å². The molecule has 5 rings (SSSR count). The molecule has 0 radical (unpaired) electrons. The Morgan fingerprint density at radius 1 is 1.00 bits per heavy atom. The molecule has 190 valence electrons. The number of aromatic amines is 1. The van der Waals surface area contributed by atoms with Crippen molar-refractivity contribution in [3.63, 3.8) is 0 Å². The molecular formula is C30H30FN3O3. The zero-order valence-corrected chi connectivity index (χ0v) is 20.8. The number of rotatable bonds is 10. The van der Waals surface area contributed by atoms with Crippen LogP contribution in [0, 0.1) is 5.82 Å². The van der Waals surface area contributed by atoms with Crippen LogP contribution in [0.4, 0.5) is 4.39 Å². The number of halogens is 1. The van der Waals surface area contributed by atoms with Gasteiger partial charge in [0.25, 0.3) is 5.91 Å². The average Bonchev–Trinajstić information content (AvgIpc) is 3.69. The normalized spacial score (nSPS) is 12.9. The summed E-state index contributed by atoms with van der Waals surface area (Å²) in [6.07, 6.45) is 4.42. The first kappa shape index (κ1) is 24.6. The van der Waals surface area contributed by atoms with Gasteiger partial charge in [0, 0.05) is 41.8 Å². The molecule has 2 amide bonds. The Labute approximate surface area is 215 Å². The van der Waals surface area contributed by atoms with Crippen molar-refractivity contribution >= 4 is 22.7 Å². The van der Waals surface area contributed by atoms with E-state index in [-0.39, 0.29) is 24.4 Å². The summed E-state index contributed by atoms with van der Waals surface area (Å²) in [6.45, 7) is 0.926. The summed E-state index contributed by atoms with van der Waals surface area (Å²) in [7, 11) is 1.62. The van der Waals surface area contributed by atoms with Gasteiger partial charge in [0.1, 0.15) is 18.1 Å². The van der Waals surface area contributed by atoms with Crippen molar-refractivity contribution in [3.8, 4) is 5.75 Å². The van der Waals surface area contributed by atoms with Crippen LogP contribution < -0.4 is 4.74 Å². The van der Waals surface area contributed by atoms with Gasteiger partial charge in [-0.3, -0.25) is 9.59 Å². The molecule has 0 saturated heterocycles. The average molecular weight is 500 g/mol. The Morgan fingerprint density at radius 2 is 1.73 bits per heavy atom. The fourth-order valence-corrected chi connectivity index (χ4v) is 4.59. The van der Waals surface area contributed by atoms with E-state index < -0.39 is 5.82 Å². The molecule has 0 unspecified atom stereocenters. The Balaban J connectivity index is 1.35. The number of hydrogen-bond donors (Lipinski definition) is 1. The number of fused-ring (bicyclic) bond motifs is 1. The highest BCUT2D eigenvalue weighted by atomic mass is 19.1. The van der Waals surface area contributed by atoms with Crippen LogP contribution in [0.15, 0.2) is 79.0 Å². The second kappa shape index (κ2) is 10.9. The third-order valence-corrected chi connectivity index (χ3v) is 6.86. The zero-order valence-electron chi connectivity index (χ0n) is 20.8. The number of amides is 2. The lowest BCUT2D eigenvalue weighted by Crippen LogP contribution is -2.44. The fourth-order valence-electron chi connectivity index (χ4n) is 4.59. The highest BCUT2D eigenvalue weighted by Crippen LogP contribution is 2.29. The number of methoxy groups -OCH3 is 1. The van der Waals surface area contributed by atoms with Crippen molar-refractivity contribution in [2.45, 2.75) is 31.8 Å². The molecule has 0 aliphatic heterocycles. The van der Waals surface area contributed by atoms with E-state index in [0.717, 1.165) is 40.6 Å². The molecule has 3 aromatic carbocycles. The van der Waals surface area contributed by atoms with Gasteiger partial charge >= 0.3 is 0 Å². The van der Waals surface area contributed by atoms with Gasteiger partial charge in [-0.15, -0.1) is 0 Å². The molecule has 7 heteroatoms. The quantitative estimate of drug-likeness (QED) is 0.327. The molecule has 0 spiro atoms. The number of carbonyl (C=O) groups is 2. The van der Waals surface area contributed by atoms with E-state index in [9.17, 15) is 14.0 Å². The summed E-state index contributed by atoms with van der Waals surface area (Å²) in [6, 6.07) is 21.3. The largest absolute Gasteiger partial charge is 0.497 e. The summed E-state index contributed by atoms with van der Waals surface area (Å²) in [5.41, 5.74) is 3.58. The smallest absolute Gasteiger partial charge is 0.254 e. The first-order valence-corrected chi connectivity index (χ1v) is 12.5. The van der Waals surface area contributed by atoms with Crippen LogP contribution in [0.3, 0.4) is 0 Å².